The topological polar surface area (TPSA) is 124 Å². The molecule has 39 heavy (non-hydrogen) atoms. The van der Waals surface area contributed by atoms with Crippen molar-refractivity contribution in [2.45, 2.75) is 37.1 Å². The van der Waals surface area contributed by atoms with Crippen molar-refractivity contribution in [2.24, 2.45) is 0 Å². The molecule has 1 unspecified atom stereocenters. The van der Waals surface area contributed by atoms with E-state index in [1.807, 2.05) is 24.3 Å². The first-order chi connectivity index (χ1) is 18.5. The van der Waals surface area contributed by atoms with Gasteiger partial charge in [-0.15, -0.1) is 0 Å². The Morgan fingerprint density at radius 2 is 1.90 bits per heavy atom. The monoisotopic (exact) mass is 563 g/mol. The zero-order chi connectivity index (χ0) is 28.2. The van der Waals surface area contributed by atoms with Crippen LogP contribution in [-0.2, 0) is 19.6 Å². The van der Waals surface area contributed by atoms with E-state index in [9.17, 15) is 31.2 Å². The van der Waals surface area contributed by atoms with E-state index in [0.29, 0.717) is 41.9 Å². The van der Waals surface area contributed by atoms with Gasteiger partial charge in [-0.2, -0.15) is 21.6 Å². The molecule has 2 heterocycles. The molecule has 206 valence electrons. The van der Waals surface area contributed by atoms with Crippen LogP contribution in [0.25, 0.3) is 11.1 Å². The minimum absolute atomic E-state index is 0.203. The number of hydrogen-bond acceptors (Lipinski definition) is 7. The number of anilines is 2. The molecular weight excluding hydrogens is 539 g/mol. The Balaban J connectivity index is 1.70. The van der Waals surface area contributed by atoms with Gasteiger partial charge in [0.2, 0.25) is 5.91 Å². The van der Waals surface area contributed by atoms with Gasteiger partial charge in [0.15, 0.2) is 5.75 Å². The number of carbonyl (C=O) groups is 2. The van der Waals surface area contributed by atoms with Gasteiger partial charge in [0.1, 0.15) is 0 Å². The smallest absolute Gasteiger partial charge is 0.453 e. The molecule has 2 N–H and O–H groups in total. The predicted molar refractivity (Wildman–Crippen MR) is 137 cm³/mol. The third-order valence-electron chi connectivity index (χ3n) is 6.08. The summed E-state index contributed by atoms with van der Waals surface area (Å²) in [5, 5.41) is 5.48. The Morgan fingerprint density at radius 1 is 1.10 bits per heavy atom. The highest BCUT2D eigenvalue weighted by Gasteiger charge is 2.48. The quantitative estimate of drug-likeness (QED) is 0.304. The predicted octanol–water partition coefficient (Wildman–Crippen LogP) is 5.80. The Labute approximate surface area is 222 Å². The van der Waals surface area contributed by atoms with Crippen molar-refractivity contribution in [1.82, 2.24) is 4.98 Å². The molecule has 0 fully saturated rings. The summed E-state index contributed by atoms with van der Waals surface area (Å²) in [6.45, 7) is 0. The molecule has 1 atom stereocenters. The van der Waals surface area contributed by atoms with Crippen LogP contribution in [-0.4, -0.2) is 38.0 Å². The average Bonchev–Trinajstić information content (AvgIpc) is 2.88. The van der Waals surface area contributed by atoms with Crippen molar-refractivity contribution < 1.29 is 40.1 Å². The second-order valence-corrected chi connectivity index (χ2v) is 10.3. The minimum atomic E-state index is -5.81. The van der Waals surface area contributed by atoms with E-state index in [1.165, 1.54) is 13.2 Å². The van der Waals surface area contributed by atoms with Gasteiger partial charge in [-0.05, 0) is 48.2 Å². The van der Waals surface area contributed by atoms with Gasteiger partial charge < -0.3 is 14.2 Å². The molecule has 2 amide bonds. The maximum absolute atomic E-state index is 12.7. The summed E-state index contributed by atoms with van der Waals surface area (Å²) in [5.74, 6) is -1.05. The summed E-state index contributed by atoms with van der Waals surface area (Å²) in [4.78, 5) is 28.5. The van der Waals surface area contributed by atoms with Crippen LogP contribution in [0.4, 0.5) is 29.3 Å². The lowest BCUT2D eigenvalue weighted by Gasteiger charge is -2.21. The number of amides is 2. The number of halogens is 3. The fourth-order valence-corrected chi connectivity index (χ4v) is 4.67. The molecule has 0 saturated heterocycles. The first kappa shape index (κ1) is 27.9. The summed E-state index contributed by atoms with van der Waals surface area (Å²) >= 11 is 0. The number of nitrogens with zero attached hydrogens (tertiary/aromatic N) is 1. The molecular formula is C26H24F3N3O6S. The van der Waals surface area contributed by atoms with Crippen molar-refractivity contribution >= 4 is 33.5 Å². The highest BCUT2D eigenvalue weighted by atomic mass is 32.2. The number of hydrogen-bond donors (Lipinski definition) is 2. The van der Waals surface area contributed by atoms with Crippen molar-refractivity contribution in [2.75, 3.05) is 17.7 Å². The molecule has 0 saturated carbocycles. The van der Waals surface area contributed by atoms with Crippen LogP contribution in [0.15, 0.2) is 60.8 Å². The molecule has 1 aliphatic heterocycles. The summed E-state index contributed by atoms with van der Waals surface area (Å²) in [6.07, 6.45) is 2.31. The van der Waals surface area contributed by atoms with E-state index in [2.05, 4.69) is 24.5 Å². The summed E-state index contributed by atoms with van der Waals surface area (Å²) < 4.78 is 69.4. The van der Waals surface area contributed by atoms with E-state index in [0.717, 1.165) is 23.4 Å². The summed E-state index contributed by atoms with van der Waals surface area (Å²) in [7, 11) is -4.57. The molecule has 2 aromatic carbocycles. The number of aromatic nitrogens is 1. The van der Waals surface area contributed by atoms with Gasteiger partial charge in [0, 0.05) is 29.3 Å². The van der Waals surface area contributed by atoms with E-state index < -0.39 is 27.5 Å². The van der Waals surface area contributed by atoms with Crippen LogP contribution in [0.5, 0.6) is 5.75 Å². The number of fused-ring (bicyclic) bond motifs is 4. The molecule has 0 radical (unpaired) electrons. The third-order valence-corrected chi connectivity index (χ3v) is 7.06. The van der Waals surface area contributed by atoms with Crippen molar-refractivity contribution in [3.63, 3.8) is 0 Å². The lowest BCUT2D eigenvalue weighted by molar-refractivity contribution is -0.116. The number of carbonyl (C=O) groups excluding carboxylic acids is 2. The number of pyridine rings is 1. The lowest BCUT2D eigenvalue weighted by Crippen LogP contribution is -2.28. The molecule has 3 aromatic rings. The SMILES string of the molecule is COC(=O)Nc1ccc2c(c1)NC(=O)CCCCC(c1ccc(OS(=O)(=O)C(F)(F)F)cn1)c1cccc-2c1. The second-order valence-electron chi connectivity index (χ2n) is 8.75. The van der Waals surface area contributed by atoms with Crippen LogP contribution in [0.1, 0.15) is 42.9 Å². The van der Waals surface area contributed by atoms with E-state index in [-0.39, 0.29) is 18.2 Å². The Kier molecular flexibility index (Phi) is 8.09. The molecule has 4 rings (SSSR count). The van der Waals surface area contributed by atoms with Gasteiger partial charge in [-0.1, -0.05) is 36.8 Å². The van der Waals surface area contributed by atoms with Crippen molar-refractivity contribution in [3.05, 3.63) is 72.1 Å². The zero-order valence-corrected chi connectivity index (χ0v) is 21.4. The number of ether oxygens (including phenoxy) is 1. The van der Waals surface area contributed by atoms with Crippen LogP contribution >= 0.6 is 0 Å². The largest absolute Gasteiger partial charge is 0.534 e. The van der Waals surface area contributed by atoms with Crippen LogP contribution in [0, 0.1) is 0 Å². The molecule has 9 nitrogen and oxygen atoms in total. The normalized spacial score (nSPS) is 16.1. The molecule has 13 heteroatoms. The van der Waals surface area contributed by atoms with E-state index >= 15 is 0 Å². The number of methoxy groups -OCH3 is 1. The summed E-state index contributed by atoms with van der Waals surface area (Å²) in [6, 6.07) is 15.1. The van der Waals surface area contributed by atoms with E-state index in [1.54, 1.807) is 18.2 Å². The second kappa shape index (κ2) is 11.3. The molecule has 1 aromatic heterocycles. The van der Waals surface area contributed by atoms with Gasteiger partial charge in [0.05, 0.1) is 19.0 Å². The average molecular weight is 564 g/mol. The maximum atomic E-state index is 12.7. The third kappa shape index (κ3) is 6.66. The zero-order valence-electron chi connectivity index (χ0n) is 20.6. The Bertz CT molecular complexity index is 1480. The van der Waals surface area contributed by atoms with Crippen LogP contribution in [0.3, 0.4) is 0 Å². The van der Waals surface area contributed by atoms with Crippen molar-refractivity contribution in [1.29, 1.82) is 0 Å². The lowest BCUT2D eigenvalue weighted by atomic mass is 9.87. The maximum Gasteiger partial charge on any atom is 0.534 e. The van der Waals surface area contributed by atoms with E-state index in [4.69, 9.17) is 0 Å². The van der Waals surface area contributed by atoms with Crippen molar-refractivity contribution in [3.8, 4) is 16.9 Å². The van der Waals surface area contributed by atoms with Gasteiger partial charge >= 0.3 is 21.7 Å². The first-order valence-corrected chi connectivity index (χ1v) is 13.2. The highest BCUT2D eigenvalue weighted by molar-refractivity contribution is 7.88. The van der Waals surface area contributed by atoms with Crippen LogP contribution < -0.4 is 14.8 Å². The fourth-order valence-electron chi connectivity index (χ4n) is 4.22. The summed E-state index contributed by atoms with van der Waals surface area (Å²) in [5.41, 5.74) is -1.79. The van der Waals surface area contributed by atoms with Crippen LogP contribution in [0.2, 0.25) is 0 Å². The van der Waals surface area contributed by atoms with Gasteiger partial charge in [-0.25, -0.2) is 4.79 Å². The number of rotatable bonds is 4. The fraction of sp³-hybridized carbons (Fsp3) is 0.269. The van der Waals surface area contributed by atoms with Gasteiger partial charge in [0.25, 0.3) is 0 Å². The number of alkyl halides is 3. The first-order valence-electron chi connectivity index (χ1n) is 11.8. The minimum Gasteiger partial charge on any atom is -0.453 e. The number of nitrogens with one attached hydrogen (secondary N) is 2. The number of benzene rings is 2. The Morgan fingerprint density at radius 3 is 2.59 bits per heavy atom. The molecule has 1 aliphatic rings. The van der Waals surface area contributed by atoms with Gasteiger partial charge in [-0.3, -0.25) is 15.1 Å². The molecule has 0 spiro atoms. The molecule has 2 bridgehead atoms. The Hall–Kier alpha value is -4.13. The standard InChI is InChI=1S/C26H24F3N3O6S/c1-37-25(34)31-18-9-11-21-17-6-4-5-16(13-17)20(7-2-3-8-24(33)32-23(21)14-18)22-12-10-19(15-30-22)38-39(35,36)26(27,28)29/h4-6,9-15,20H,2-3,7-8H2,1H3,(H,31,34)(H,32,33). The molecule has 0 aliphatic carbocycles. The highest BCUT2D eigenvalue weighted by Crippen LogP contribution is 2.37.